The van der Waals surface area contributed by atoms with Gasteiger partial charge in [0.25, 0.3) is 0 Å². The quantitative estimate of drug-likeness (QED) is 0.442. The van der Waals surface area contributed by atoms with E-state index in [2.05, 4.69) is 20.8 Å². The lowest BCUT2D eigenvalue weighted by molar-refractivity contribution is 0.494. The Morgan fingerprint density at radius 1 is 1.27 bits per heavy atom. The molecular formula is C17H21Cl2N5OS. The van der Waals surface area contributed by atoms with E-state index in [1.807, 2.05) is 44.3 Å². The monoisotopic (exact) mass is 413 g/mol. The summed E-state index contributed by atoms with van der Waals surface area (Å²) in [4.78, 5) is 0. The SMILES string of the molecule is Cc1ccc(-c2ccc(CNCCCSc3nnnn3C)o2)cc1Cl.Cl. The predicted molar refractivity (Wildman–Crippen MR) is 107 cm³/mol. The molecule has 6 nitrogen and oxygen atoms in total. The second kappa shape index (κ2) is 9.97. The highest BCUT2D eigenvalue weighted by Crippen LogP contribution is 2.26. The van der Waals surface area contributed by atoms with Crippen molar-refractivity contribution in [3.05, 3.63) is 46.7 Å². The average Bonchev–Trinajstić information content (AvgIpc) is 3.23. The predicted octanol–water partition coefficient (Wildman–Crippen LogP) is 4.13. The van der Waals surface area contributed by atoms with Crippen LogP contribution in [0.4, 0.5) is 0 Å². The lowest BCUT2D eigenvalue weighted by atomic mass is 10.1. The molecule has 0 unspecified atom stereocenters. The summed E-state index contributed by atoms with van der Waals surface area (Å²) in [5, 5.41) is 16.4. The van der Waals surface area contributed by atoms with Crippen molar-refractivity contribution in [3.63, 3.8) is 0 Å². The highest BCUT2D eigenvalue weighted by molar-refractivity contribution is 7.99. The van der Waals surface area contributed by atoms with Crippen molar-refractivity contribution < 1.29 is 4.42 Å². The summed E-state index contributed by atoms with van der Waals surface area (Å²) in [7, 11) is 1.84. The van der Waals surface area contributed by atoms with E-state index in [0.29, 0.717) is 6.54 Å². The minimum absolute atomic E-state index is 0. The molecule has 0 radical (unpaired) electrons. The Balaban J connectivity index is 0.00000243. The van der Waals surface area contributed by atoms with Gasteiger partial charge in [0.2, 0.25) is 5.16 Å². The Morgan fingerprint density at radius 2 is 2.12 bits per heavy atom. The number of benzene rings is 1. The van der Waals surface area contributed by atoms with E-state index in [4.69, 9.17) is 16.0 Å². The third-order valence-corrected chi connectivity index (χ3v) is 5.23. The number of aromatic nitrogens is 4. The van der Waals surface area contributed by atoms with Crippen LogP contribution >= 0.6 is 35.8 Å². The molecule has 0 aliphatic carbocycles. The van der Waals surface area contributed by atoms with E-state index in [9.17, 15) is 0 Å². The first-order valence-corrected chi connectivity index (χ1v) is 9.41. The lowest BCUT2D eigenvalue weighted by Crippen LogP contribution is -2.14. The van der Waals surface area contributed by atoms with Gasteiger partial charge < -0.3 is 9.73 Å². The molecule has 0 saturated heterocycles. The molecule has 0 aliphatic heterocycles. The molecule has 0 amide bonds. The van der Waals surface area contributed by atoms with Crippen LogP contribution in [-0.4, -0.2) is 32.5 Å². The van der Waals surface area contributed by atoms with Gasteiger partial charge in [-0.1, -0.05) is 35.5 Å². The molecule has 0 bridgehead atoms. The Hall–Kier alpha value is -1.54. The Kier molecular flexibility index (Phi) is 7.96. The molecular weight excluding hydrogens is 393 g/mol. The summed E-state index contributed by atoms with van der Waals surface area (Å²) < 4.78 is 7.57. The number of hydrogen-bond acceptors (Lipinski definition) is 6. The number of rotatable bonds is 8. The largest absolute Gasteiger partial charge is 0.460 e. The van der Waals surface area contributed by atoms with E-state index in [0.717, 1.165) is 51.5 Å². The van der Waals surface area contributed by atoms with E-state index in [1.54, 1.807) is 16.4 Å². The number of furan rings is 1. The normalized spacial score (nSPS) is 10.7. The maximum atomic E-state index is 6.18. The summed E-state index contributed by atoms with van der Waals surface area (Å²) in [6, 6.07) is 9.94. The first kappa shape index (κ1) is 20.8. The minimum atomic E-state index is 0. The zero-order chi connectivity index (χ0) is 17.6. The van der Waals surface area contributed by atoms with Crippen molar-refractivity contribution in [2.75, 3.05) is 12.3 Å². The number of nitrogens with one attached hydrogen (secondary N) is 1. The van der Waals surface area contributed by atoms with Crippen molar-refractivity contribution in [2.24, 2.45) is 7.05 Å². The van der Waals surface area contributed by atoms with Crippen LogP contribution in [0.3, 0.4) is 0 Å². The van der Waals surface area contributed by atoms with Gasteiger partial charge >= 0.3 is 0 Å². The van der Waals surface area contributed by atoms with Crippen LogP contribution in [-0.2, 0) is 13.6 Å². The molecule has 2 aromatic heterocycles. The summed E-state index contributed by atoms with van der Waals surface area (Å²) in [6.07, 6.45) is 1.03. The van der Waals surface area contributed by atoms with Gasteiger partial charge in [0.15, 0.2) is 0 Å². The molecule has 0 atom stereocenters. The van der Waals surface area contributed by atoms with Gasteiger partial charge in [-0.15, -0.1) is 17.5 Å². The van der Waals surface area contributed by atoms with Crippen molar-refractivity contribution in [3.8, 4) is 11.3 Å². The molecule has 1 aromatic carbocycles. The Morgan fingerprint density at radius 3 is 2.85 bits per heavy atom. The van der Waals surface area contributed by atoms with Crippen molar-refractivity contribution in [1.82, 2.24) is 25.5 Å². The van der Waals surface area contributed by atoms with E-state index in [-0.39, 0.29) is 12.4 Å². The summed E-state index contributed by atoms with van der Waals surface area (Å²) in [6.45, 7) is 3.60. The zero-order valence-electron chi connectivity index (χ0n) is 14.6. The van der Waals surface area contributed by atoms with Crippen LogP contribution in [0.1, 0.15) is 17.7 Å². The Bertz CT molecular complexity index is 836. The fourth-order valence-electron chi connectivity index (χ4n) is 2.29. The maximum Gasteiger partial charge on any atom is 0.209 e. The van der Waals surface area contributed by atoms with Gasteiger partial charge in [0, 0.05) is 23.4 Å². The molecule has 3 aromatic rings. The van der Waals surface area contributed by atoms with E-state index in [1.165, 1.54) is 0 Å². The average molecular weight is 414 g/mol. The number of nitrogens with zero attached hydrogens (tertiary/aromatic N) is 4. The van der Waals surface area contributed by atoms with Gasteiger partial charge in [-0.3, -0.25) is 0 Å². The van der Waals surface area contributed by atoms with Crippen LogP contribution in [0.15, 0.2) is 39.9 Å². The van der Waals surface area contributed by atoms with Gasteiger partial charge in [-0.2, -0.15) is 0 Å². The summed E-state index contributed by atoms with van der Waals surface area (Å²) >= 11 is 7.83. The summed E-state index contributed by atoms with van der Waals surface area (Å²) in [5.74, 6) is 2.72. The minimum Gasteiger partial charge on any atom is -0.460 e. The highest BCUT2D eigenvalue weighted by Gasteiger charge is 2.07. The molecule has 26 heavy (non-hydrogen) atoms. The standard InChI is InChI=1S/C17H20ClN5OS.ClH/c1-12-4-5-13(10-15(12)18)16-7-6-14(24-16)11-19-8-3-9-25-17-20-21-22-23(17)2;/h4-7,10,19H,3,8-9,11H2,1-2H3;1H. The maximum absolute atomic E-state index is 6.18. The molecule has 2 heterocycles. The smallest absolute Gasteiger partial charge is 0.209 e. The lowest BCUT2D eigenvalue weighted by Gasteiger charge is -2.03. The molecule has 3 rings (SSSR count). The first-order chi connectivity index (χ1) is 12.1. The zero-order valence-corrected chi connectivity index (χ0v) is 17.0. The second-order valence-electron chi connectivity index (χ2n) is 5.69. The number of tetrazole rings is 1. The highest BCUT2D eigenvalue weighted by atomic mass is 35.5. The molecule has 0 spiro atoms. The van der Waals surface area contributed by atoms with Gasteiger partial charge in [-0.05, 0) is 54.1 Å². The molecule has 0 saturated carbocycles. The molecule has 1 N–H and O–H groups in total. The van der Waals surface area contributed by atoms with Crippen LogP contribution in [0.5, 0.6) is 0 Å². The van der Waals surface area contributed by atoms with Crippen LogP contribution in [0.2, 0.25) is 5.02 Å². The number of thioether (sulfide) groups is 1. The van der Waals surface area contributed by atoms with Crippen molar-refractivity contribution in [1.29, 1.82) is 0 Å². The molecule has 140 valence electrons. The Labute approximate surface area is 168 Å². The van der Waals surface area contributed by atoms with Gasteiger partial charge in [0.05, 0.1) is 6.54 Å². The van der Waals surface area contributed by atoms with Crippen LogP contribution in [0, 0.1) is 6.92 Å². The first-order valence-electron chi connectivity index (χ1n) is 8.04. The molecule has 9 heteroatoms. The van der Waals surface area contributed by atoms with Crippen molar-refractivity contribution >= 4 is 35.8 Å². The van der Waals surface area contributed by atoms with Crippen LogP contribution in [0.25, 0.3) is 11.3 Å². The van der Waals surface area contributed by atoms with Gasteiger partial charge in [0.1, 0.15) is 11.5 Å². The van der Waals surface area contributed by atoms with Crippen molar-refractivity contribution in [2.45, 2.75) is 25.0 Å². The molecule has 0 aliphatic rings. The fourth-order valence-corrected chi connectivity index (χ4v) is 3.26. The number of halogens is 2. The van der Waals surface area contributed by atoms with E-state index < -0.39 is 0 Å². The number of aryl methyl sites for hydroxylation is 2. The van der Waals surface area contributed by atoms with E-state index >= 15 is 0 Å². The second-order valence-corrected chi connectivity index (χ2v) is 7.16. The fraction of sp³-hybridized carbons (Fsp3) is 0.353. The van der Waals surface area contributed by atoms with Gasteiger partial charge in [-0.25, -0.2) is 4.68 Å². The summed E-state index contributed by atoms with van der Waals surface area (Å²) in [5.41, 5.74) is 2.06. The third kappa shape index (κ3) is 5.48. The topological polar surface area (TPSA) is 68.8 Å². The third-order valence-electron chi connectivity index (χ3n) is 3.73. The van der Waals surface area contributed by atoms with Crippen LogP contribution < -0.4 is 5.32 Å². The number of hydrogen-bond donors (Lipinski definition) is 1. The molecule has 0 fully saturated rings.